The summed E-state index contributed by atoms with van der Waals surface area (Å²) in [6.07, 6.45) is 2.47. The molecule has 1 saturated heterocycles. The Morgan fingerprint density at radius 3 is 2.19 bits per heavy atom. The molecule has 0 saturated carbocycles. The van der Waals surface area contributed by atoms with E-state index in [9.17, 15) is 9.59 Å². The van der Waals surface area contributed by atoms with Crippen molar-refractivity contribution in [3.05, 3.63) is 59.2 Å². The van der Waals surface area contributed by atoms with E-state index in [2.05, 4.69) is 15.5 Å². The van der Waals surface area contributed by atoms with Gasteiger partial charge in [-0.15, -0.1) is 0 Å². The zero-order valence-corrected chi connectivity index (χ0v) is 15.3. The Bertz CT molecular complexity index is 773. The fourth-order valence-corrected chi connectivity index (χ4v) is 3.30. The van der Waals surface area contributed by atoms with Crippen LogP contribution in [0.25, 0.3) is 0 Å². The van der Waals surface area contributed by atoms with Gasteiger partial charge in [-0.05, 0) is 63.1 Å². The normalized spacial score (nSPS) is 13.5. The van der Waals surface area contributed by atoms with Gasteiger partial charge in [-0.3, -0.25) is 9.59 Å². The van der Waals surface area contributed by atoms with Gasteiger partial charge in [0.25, 0.3) is 5.91 Å². The molecule has 0 bridgehead atoms. The molecule has 26 heavy (non-hydrogen) atoms. The predicted molar refractivity (Wildman–Crippen MR) is 105 cm³/mol. The summed E-state index contributed by atoms with van der Waals surface area (Å²) in [7, 11) is 0. The first kappa shape index (κ1) is 18.0. The van der Waals surface area contributed by atoms with Crippen LogP contribution in [-0.2, 0) is 4.79 Å². The zero-order valence-electron chi connectivity index (χ0n) is 15.3. The van der Waals surface area contributed by atoms with Crippen molar-refractivity contribution < 1.29 is 9.59 Å². The van der Waals surface area contributed by atoms with Crippen LogP contribution >= 0.6 is 0 Å². The summed E-state index contributed by atoms with van der Waals surface area (Å²) >= 11 is 0. The predicted octanol–water partition coefficient (Wildman–Crippen LogP) is 3.27. The highest BCUT2D eigenvalue weighted by atomic mass is 16.2. The number of hydrogen-bond donors (Lipinski definition) is 2. The van der Waals surface area contributed by atoms with E-state index >= 15 is 0 Å². The van der Waals surface area contributed by atoms with E-state index in [-0.39, 0.29) is 18.4 Å². The Labute approximate surface area is 154 Å². The first-order valence-corrected chi connectivity index (χ1v) is 9.02. The number of carbonyl (C=O) groups excluding carboxylic acids is 2. The maximum absolute atomic E-state index is 12.2. The third-order valence-electron chi connectivity index (χ3n) is 4.52. The molecular weight excluding hydrogens is 326 g/mol. The van der Waals surface area contributed by atoms with E-state index in [0.717, 1.165) is 29.9 Å². The number of benzene rings is 2. The van der Waals surface area contributed by atoms with Crippen LogP contribution in [-0.4, -0.2) is 31.4 Å². The number of anilines is 2. The summed E-state index contributed by atoms with van der Waals surface area (Å²) in [6.45, 7) is 6.02. The fourth-order valence-electron chi connectivity index (χ4n) is 3.30. The SMILES string of the molecule is Cc1cc(C)cc(C(=O)NCC(=O)Nc2ccc(N3CCCC3)cc2)c1. The average molecular weight is 351 g/mol. The van der Waals surface area contributed by atoms with E-state index in [1.807, 2.05) is 56.3 Å². The molecule has 2 aromatic carbocycles. The first-order chi connectivity index (χ1) is 12.5. The van der Waals surface area contributed by atoms with Crippen LogP contribution in [0.15, 0.2) is 42.5 Å². The van der Waals surface area contributed by atoms with Crippen molar-refractivity contribution >= 4 is 23.2 Å². The third kappa shape index (κ3) is 4.63. The molecule has 1 aliphatic heterocycles. The molecule has 3 rings (SSSR count). The molecular formula is C21H25N3O2. The summed E-state index contributed by atoms with van der Waals surface area (Å²) < 4.78 is 0. The summed E-state index contributed by atoms with van der Waals surface area (Å²) in [4.78, 5) is 26.6. The summed E-state index contributed by atoms with van der Waals surface area (Å²) in [5.74, 6) is -0.479. The van der Waals surface area contributed by atoms with Crippen LogP contribution in [0.2, 0.25) is 0 Å². The van der Waals surface area contributed by atoms with Crippen LogP contribution in [0.5, 0.6) is 0 Å². The molecule has 2 N–H and O–H groups in total. The molecule has 5 heteroatoms. The Kier molecular flexibility index (Phi) is 5.56. The molecule has 5 nitrogen and oxygen atoms in total. The number of hydrogen-bond acceptors (Lipinski definition) is 3. The Hall–Kier alpha value is -2.82. The quantitative estimate of drug-likeness (QED) is 0.869. The second-order valence-electron chi connectivity index (χ2n) is 6.85. The molecule has 1 fully saturated rings. The number of nitrogens with one attached hydrogen (secondary N) is 2. The van der Waals surface area contributed by atoms with Gasteiger partial charge in [-0.2, -0.15) is 0 Å². The largest absolute Gasteiger partial charge is 0.372 e. The number of carbonyl (C=O) groups is 2. The van der Waals surface area contributed by atoms with Gasteiger partial charge < -0.3 is 15.5 Å². The van der Waals surface area contributed by atoms with Crippen molar-refractivity contribution in [2.24, 2.45) is 0 Å². The minimum absolute atomic E-state index is 0.0559. The summed E-state index contributed by atoms with van der Waals surface area (Å²) in [5.41, 5.74) is 4.54. The lowest BCUT2D eigenvalue weighted by atomic mass is 10.1. The maximum atomic E-state index is 12.2. The number of aryl methyl sites for hydroxylation is 2. The molecule has 2 aromatic rings. The van der Waals surface area contributed by atoms with Crippen molar-refractivity contribution in [3.8, 4) is 0 Å². The number of rotatable bonds is 5. The van der Waals surface area contributed by atoms with Gasteiger partial charge in [-0.25, -0.2) is 0 Å². The Morgan fingerprint density at radius 1 is 0.962 bits per heavy atom. The van der Waals surface area contributed by atoms with E-state index < -0.39 is 0 Å². The van der Waals surface area contributed by atoms with Crippen molar-refractivity contribution in [2.45, 2.75) is 26.7 Å². The van der Waals surface area contributed by atoms with Crippen LogP contribution in [0.1, 0.15) is 34.3 Å². The molecule has 0 aromatic heterocycles. The molecule has 0 radical (unpaired) electrons. The lowest BCUT2D eigenvalue weighted by molar-refractivity contribution is -0.115. The van der Waals surface area contributed by atoms with Crippen molar-refractivity contribution in [1.29, 1.82) is 0 Å². The highest BCUT2D eigenvalue weighted by Gasteiger charge is 2.12. The van der Waals surface area contributed by atoms with E-state index in [4.69, 9.17) is 0 Å². The molecule has 0 atom stereocenters. The molecule has 0 aliphatic carbocycles. The van der Waals surface area contributed by atoms with Gasteiger partial charge in [-0.1, -0.05) is 17.2 Å². The summed E-state index contributed by atoms with van der Waals surface area (Å²) in [6, 6.07) is 13.5. The van der Waals surface area contributed by atoms with Crippen molar-refractivity contribution in [1.82, 2.24) is 5.32 Å². The highest BCUT2D eigenvalue weighted by Crippen LogP contribution is 2.21. The Balaban J connectivity index is 1.51. The van der Waals surface area contributed by atoms with Crippen molar-refractivity contribution in [3.63, 3.8) is 0 Å². The monoisotopic (exact) mass is 351 g/mol. The molecule has 136 valence electrons. The molecule has 1 aliphatic rings. The number of nitrogens with zero attached hydrogens (tertiary/aromatic N) is 1. The highest BCUT2D eigenvalue weighted by molar-refractivity contribution is 5.99. The standard InChI is InChI=1S/C21H25N3O2/c1-15-11-16(2)13-17(12-15)21(26)22-14-20(25)23-18-5-7-19(8-6-18)24-9-3-4-10-24/h5-8,11-13H,3-4,9-10,14H2,1-2H3,(H,22,26)(H,23,25). The van der Waals surface area contributed by atoms with E-state index in [1.165, 1.54) is 18.5 Å². The molecule has 2 amide bonds. The smallest absolute Gasteiger partial charge is 0.251 e. The van der Waals surface area contributed by atoms with Crippen LogP contribution in [0.3, 0.4) is 0 Å². The maximum Gasteiger partial charge on any atom is 0.251 e. The van der Waals surface area contributed by atoms with Gasteiger partial charge in [0.1, 0.15) is 0 Å². The molecule has 1 heterocycles. The molecule has 0 unspecified atom stereocenters. The van der Waals surface area contributed by atoms with Gasteiger partial charge in [0.05, 0.1) is 6.54 Å². The van der Waals surface area contributed by atoms with Crippen LogP contribution in [0.4, 0.5) is 11.4 Å². The third-order valence-corrected chi connectivity index (χ3v) is 4.52. The van der Waals surface area contributed by atoms with E-state index in [0.29, 0.717) is 5.56 Å². The minimum Gasteiger partial charge on any atom is -0.372 e. The van der Waals surface area contributed by atoms with E-state index in [1.54, 1.807) is 0 Å². The summed E-state index contributed by atoms with van der Waals surface area (Å²) in [5, 5.41) is 5.49. The average Bonchev–Trinajstić information content (AvgIpc) is 3.14. The lowest BCUT2D eigenvalue weighted by Gasteiger charge is -2.17. The minimum atomic E-state index is -0.240. The van der Waals surface area contributed by atoms with Gasteiger partial charge in [0.2, 0.25) is 5.91 Å². The lowest BCUT2D eigenvalue weighted by Crippen LogP contribution is -2.32. The topological polar surface area (TPSA) is 61.4 Å². The second kappa shape index (κ2) is 8.04. The number of amides is 2. The van der Waals surface area contributed by atoms with Crippen LogP contribution in [0, 0.1) is 13.8 Å². The Morgan fingerprint density at radius 2 is 1.58 bits per heavy atom. The second-order valence-corrected chi connectivity index (χ2v) is 6.85. The van der Waals surface area contributed by atoms with Gasteiger partial charge in [0, 0.05) is 30.0 Å². The zero-order chi connectivity index (χ0) is 18.5. The van der Waals surface area contributed by atoms with Gasteiger partial charge >= 0.3 is 0 Å². The fraction of sp³-hybridized carbons (Fsp3) is 0.333. The van der Waals surface area contributed by atoms with Gasteiger partial charge in [0.15, 0.2) is 0 Å². The first-order valence-electron chi connectivity index (χ1n) is 9.02. The van der Waals surface area contributed by atoms with Crippen LogP contribution < -0.4 is 15.5 Å². The molecule has 0 spiro atoms. The van der Waals surface area contributed by atoms with Crippen molar-refractivity contribution in [2.75, 3.05) is 29.9 Å².